The minimum Gasteiger partial charge on any atom is -0.307 e. The van der Waals surface area contributed by atoms with Gasteiger partial charge in [-0.05, 0) is 56.4 Å². The van der Waals surface area contributed by atoms with Crippen LogP contribution < -0.4 is 21.5 Å². The number of fused-ring (bicyclic) bond motifs is 2. The Bertz CT molecular complexity index is 895. The van der Waals surface area contributed by atoms with Crippen molar-refractivity contribution >= 4 is 34.9 Å². The van der Waals surface area contributed by atoms with Crippen LogP contribution >= 0.6 is 0 Å². The van der Waals surface area contributed by atoms with Gasteiger partial charge in [-0.3, -0.25) is 0 Å². The van der Waals surface area contributed by atoms with E-state index >= 15 is 0 Å². The Morgan fingerprint density at radius 1 is 0.677 bits per heavy atom. The van der Waals surface area contributed by atoms with Crippen molar-refractivity contribution in [3.05, 3.63) is 60.7 Å². The van der Waals surface area contributed by atoms with Gasteiger partial charge in [-0.25, -0.2) is 20.4 Å². The number of hydrogen-bond donors (Lipinski definition) is 4. The number of carbonyl (C=O) groups is 2. The first kappa shape index (κ1) is 20.6. The molecule has 4 amide bonds. The van der Waals surface area contributed by atoms with E-state index in [0.29, 0.717) is 11.8 Å². The molecule has 8 nitrogen and oxygen atoms in total. The highest BCUT2D eigenvalue weighted by Gasteiger charge is 2.34. The first-order valence-electron chi connectivity index (χ1n) is 10.5. The topological polar surface area (TPSA) is 107 Å². The number of benzene rings is 2. The van der Waals surface area contributed by atoms with Crippen molar-refractivity contribution in [2.45, 2.75) is 32.1 Å². The fourth-order valence-electron chi connectivity index (χ4n) is 4.14. The molecule has 8 heteroatoms. The molecule has 2 aromatic carbocycles. The van der Waals surface area contributed by atoms with Gasteiger partial charge in [0.25, 0.3) is 0 Å². The summed E-state index contributed by atoms with van der Waals surface area (Å²) in [5.74, 6) is 0.681. The molecule has 4 rings (SSSR count). The third-order valence-corrected chi connectivity index (χ3v) is 5.67. The van der Waals surface area contributed by atoms with Crippen molar-refractivity contribution < 1.29 is 9.59 Å². The second kappa shape index (κ2) is 9.88. The Balaban J connectivity index is 1.26. The second-order valence-electron chi connectivity index (χ2n) is 7.78. The summed E-state index contributed by atoms with van der Waals surface area (Å²) >= 11 is 0. The third kappa shape index (κ3) is 5.69. The van der Waals surface area contributed by atoms with E-state index in [2.05, 4.69) is 31.7 Å². The molecule has 0 aliphatic heterocycles. The van der Waals surface area contributed by atoms with E-state index in [4.69, 9.17) is 0 Å². The van der Waals surface area contributed by atoms with E-state index < -0.39 is 0 Å². The standard InChI is InChI=1S/C23H26N6O2/c30-22(24-18-7-3-1-4-8-18)28-26-20-13-11-17-15-16(20)12-14-21(17)27-29-23(31)25-19-9-5-2-6-10-19/h1-10,16-17H,11-15H2,(H2,24,28,30)(H2,25,29,31)/b26-20-,27-21+/t16-,17-/m0/s1. The molecule has 160 valence electrons. The first-order valence-corrected chi connectivity index (χ1v) is 10.5. The molecule has 0 spiro atoms. The number of hydrogen-bond acceptors (Lipinski definition) is 4. The lowest BCUT2D eigenvalue weighted by molar-refractivity contribution is 0.251. The molecule has 0 aromatic heterocycles. The second-order valence-corrected chi connectivity index (χ2v) is 7.78. The van der Waals surface area contributed by atoms with Gasteiger partial charge in [0.05, 0.1) is 0 Å². The summed E-state index contributed by atoms with van der Waals surface area (Å²) < 4.78 is 0. The fourth-order valence-corrected chi connectivity index (χ4v) is 4.14. The molecule has 0 unspecified atom stereocenters. The van der Waals surface area contributed by atoms with Crippen LogP contribution in [0.15, 0.2) is 70.9 Å². The zero-order chi connectivity index (χ0) is 21.5. The minimum absolute atomic E-state index is 0.340. The van der Waals surface area contributed by atoms with Gasteiger partial charge in [0, 0.05) is 34.6 Å². The van der Waals surface area contributed by atoms with Crippen molar-refractivity contribution in [2.75, 3.05) is 10.6 Å². The maximum Gasteiger partial charge on any atom is 0.339 e. The monoisotopic (exact) mass is 418 g/mol. The lowest BCUT2D eigenvalue weighted by Gasteiger charge is -2.36. The van der Waals surface area contributed by atoms with Crippen LogP contribution in [-0.2, 0) is 0 Å². The first-order chi connectivity index (χ1) is 15.2. The van der Waals surface area contributed by atoms with Crippen LogP contribution in [0.2, 0.25) is 0 Å². The van der Waals surface area contributed by atoms with Crippen molar-refractivity contribution in [3.8, 4) is 0 Å². The van der Waals surface area contributed by atoms with Crippen LogP contribution in [0.5, 0.6) is 0 Å². The van der Waals surface area contributed by atoms with Gasteiger partial charge >= 0.3 is 12.1 Å². The van der Waals surface area contributed by atoms with Gasteiger partial charge in [0.2, 0.25) is 0 Å². The van der Waals surface area contributed by atoms with E-state index in [1.54, 1.807) is 0 Å². The molecule has 2 aliphatic carbocycles. The van der Waals surface area contributed by atoms with E-state index in [0.717, 1.165) is 54.9 Å². The molecule has 2 aliphatic rings. The summed E-state index contributed by atoms with van der Waals surface area (Å²) in [7, 11) is 0. The highest BCUT2D eigenvalue weighted by Crippen LogP contribution is 2.37. The van der Waals surface area contributed by atoms with Gasteiger partial charge in [0.1, 0.15) is 0 Å². The summed E-state index contributed by atoms with van der Waals surface area (Å²) in [6.45, 7) is 0. The van der Waals surface area contributed by atoms with E-state index in [1.165, 1.54) is 0 Å². The molecule has 31 heavy (non-hydrogen) atoms. The van der Waals surface area contributed by atoms with Crippen LogP contribution in [0.3, 0.4) is 0 Å². The van der Waals surface area contributed by atoms with Crippen LogP contribution in [0.4, 0.5) is 21.0 Å². The molecule has 2 saturated carbocycles. The zero-order valence-corrected chi connectivity index (χ0v) is 17.2. The van der Waals surface area contributed by atoms with Gasteiger partial charge in [0.15, 0.2) is 0 Å². The average molecular weight is 419 g/mol. The highest BCUT2D eigenvalue weighted by atomic mass is 16.2. The number of rotatable bonds is 4. The number of amides is 4. The third-order valence-electron chi connectivity index (χ3n) is 5.67. The van der Waals surface area contributed by atoms with Gasteiger partial charge in [-0.2, -0.15) is 10.2 Å². The lowest BCUT2D eigenvalue weighted by atomic mass is 9.70. The van der Waals surface area contributed by atoms with Crippen LogP contribution in [-0.4, -0.2) is 23.5 Å². The molecular weight excluding hydrogens is 392 g/mol. The summed E-state index contributed by atoms with van der Waals surface area (Å²) in [4.78, 5) is 24.1. The predicted octanol–water partition coefficient (Wildman–Crippen LogP) is 4.55. The molecular formula is C23H26N6O2. The number of urea groups is 2. The van der Waals surface area contributed by atoms with Gasteiger partial charge in [-0.15, -0.1) is 0 Å². The Labute approximate surface area is 181 Å². The van der Waals surface area contributed by atoms with Crippen molar-refractivity contribution in [1.29, 1.82) is 0 Å². The largest absolute Gasteiger partial charge is 0.339 e. The summed E-state index contributed by atoms with van der Waals surface area (Å²) in [6, 6.07) is 17.9. The van der Waals surface area contributed by atoms with Crippen LogP contribution in [0.1, 0.15) is 32.1 Å². The van der Waals surface area contributed by atoms with Crippen LogP contribution in [0.25, 0.3) is 0 Å². The Hall–Kier alpha value is -3.68. The summed E-state index contributed by atoms with van der Waals surface area (Å²) in [5, 5.41) is 14.3. The smallest absolute Gasteiger partial charge is 0.307 e. The van der Waals surface area contributed by atoms with E-state index in [-0.39, 0.29) is 12.1 Å². The Kier molecular flexibility index (Phi) is 6.56. The summed E-state index contributed by atoms with van der Waals surface area (Å²) in [5.41, 5.74) is 8.77. The molecule has 4 N–H and O–H groups in total. The van der Waals surface area contributed by atoms with E-state index in [1.807, 2.05) is 60.7 Å². The van der Waals surface area contributed by atoms with Crippen molar-refractivity contribution in [1.82, 2.24) is 10.9 Å². The SMILES string of the molecule is O=C(N/N=C1/CC[C@H]2C[C@@H]1CC/C2=N\NC(=O)Nc1ccccc1)Nc1ccccc1. The fraction of sp³-hybridized carbons (Fsp3) is 0.304. The number of para-hydroxylation sites is 2. The Morgan fingerprint density at radius 2 is 1.10 bits per heavy atom. The maximum absolute atomic E-state index is 12.1. The molecule has 0 radical (unpaired) electrons. The van der Waals surface area contributed by atoms with Crippen molar-refractivity contribution in [3.63, 3.8) is 0 Å². The molecule has 2 fully saturated rings. The molecule has 0 saturated heterocycles. The zero-order valence-electron chi connectivity index (χ0n) is 17.2. The van der Waals surface area contributed by atoms with Crippen LogP contribution in [0, 0.1) is 11.8 Å². The predicted molar refractivity (Wildman–Crippen MR) is 122 cm³/mol. The molecule has 2 bridgehead atoms. The lowest BCUT2D eigenvalue weighted by Crippen LogP contribution is -2.38. The normalized spacial score (nSPS) is 22.6. The van der Waals surface area contributed by atoms with E-state index in [9.17, 15) is 9.59 Å². The number of anilines is 2. The molecule has 0 heterocycles. The molecule has 2 aromatic rings. The Morgan fingerprint density at radius 3 is 1.52 bits per heavy atom. The number of nitrogens with one attached hydrogen (secondary N) is 4. The highest BCUT2D eigenvalue weighted by molar-refractivity contribution is 5.97. The maximum atomic E-state index is 12.1. The molecule has 2 atom stereocenters. The average Bonchev–Trinajstić information content (AvgIpc) is 2.79. The number of carbonyl (C=O) groups excluding carboxylic acids is 2. The number of nitrogens with zero attached hydrogens (tertiary/aromatic N) is 2. The quantitative estimate of drug-likeness (QED) is 0.547. The summed E-state index contributed by atoms with van der Waals surface area (Å²) in [6.07, 6.45) is 4.41. The minimum atomic E-state index is -0.340. The number of hydrazone groups is 2. The van der Waals surface area contributed by atoms with Crippen molar-refractivity contribution in [2.24, 2.45) is 22.0 Å². The van der Waals surface area contributed by atoms with Gasteiger partial charge < -0.3 is 10.6 Å². The van der Waals surface area contributed by atoms with Gasteiger partial charge in [-0.1, -0.05) is 36.4 Å².